The van der Waals surface area contributed by atoms with Gasteiger partial charge in [0.15, 0.2) is 9.84 Å². The third-order valence-electron chi connectivity index (χ3n) is 3.91. The number of sulfone groups is 1. The van der Waals surface area contributed by atoms with Crippen LogP contribution in [0.1, 0.15) is 5.82 Å². The van der Waals surface area contributed by atoms with Crippen molar-refractivity contribution in [3.63, 3.8) is 0 Å². The third kappa shape index (κ3) is 4.33. The molecule has 1 unspecified atom stereocenters. The molecule has 1 aromatic heterocycles. The topological polar surface area (TPSA) is 162 Å². The van der Waals surface area contributed by atoms with E-state index in [-0.39, 0.29) is 5.70 Å². The molecule has 0 aliphatic carbocycles. The molecule has 2 aliphatic heterocycles. The Labute approximate surface area is 168 Å². The second-order valence-electron chi connectivity index (χ2n) is 6.27. The van der Waals surface area contributed by atoms with Gasteiger partial charge in [0.05, 0.1) is 0 Å². The van der Waals surface area contributed by atoms with Crippen LogP contribution in [0, 0.1) is 6.92 Å². The smallest absolute Gasteiger partial charge is 0.352 e. The highest BCUT2D eigenvalue weighted by atomic mass is 32.2. The van der Waals surface area contributed by atoms with Crippen molar-refractivity contribution in [2.24, 2.45) is 0 Å². The second-order valence-corrected chi connectivity index (χ2v) is 10.5. The lowest BCUT2D eigenvalue weighted by Gasteiger charge is -2.49. The molecular formula is C14H17N5O6S3. The zero-order valence-corrected chi connectivity index (χ0v) is 17.3. The Hall–Kier alpha value is -2.06. The van der Waals surface area contributed by atoms with Crippen LogP contribution in [-0.2, 0) is 24.2 Å². The fourth-order valence-corrected chi connectivity index (χ4v) is 5.67. The maximum Gasteiger partial charge on any atom is 0.352 e. The number of nitrogens with zero attached hydrogens (tertiary/aromatic N) is 3. The van der Waals surface area contributed by atoms with Crippen molar-refractivity contribution in [2.45, 2.75) is 23.5 Å². The Morgan fingerprint density at radius 2 is 2.18 bits per heavy atom. The van der Waals surface area contributed by atoms with Gasteiger partial charge in [0.25, 0.3) is 5.91 Å². The van der Waals surface area contributed by atoms with Crippen LogP contribution in [0.15, 0.2) is 16.4 Å². The molecule has 1 fully saturated rings. The van der Waals surface area contributed by atoms with Gasteiger partial charge in [-0.25, -0.2) is 18.2 Å². The highest BCUT2D eigenvalue weighted by Crippen LogP contribution is 2.41. The summed E-state index contributed by atoms with van der Waals surface area (Å²) >= 11 is 2.57. The highest BCUT2D eigenvalue weighted by Gasteiger charge is 2.54. The van der Waals surface area contributed by atoms with Crippen LogP contribution in [0.4, 0.5) is 0 Å². The molecule has 0 bridgehead atoms. The number of aromatic amines is 1. The summed E-state index contributed by atoms with van der Waals surface area (Å²) in [5.74, 6) is -2.04. The fourth-order valence-electron chi connectivity index (χ4n) is 2.79. The number of amides is 2. The van der Waals surface area contributed by atoms with E-state index in [0.717, 1.165) is 11.2 Å². The largest absolute Gasteiger partial charge is 0.477 e. The van der Waals surface area contributed by atoms with Crippen LogP contribution in [0.25, 0.3) is 0 Å². The van der Waals surface area contributed by atoms with Crippen molar-refractivity contribution in [2.75, 3.05) is 23.5 Å². The number of rotatable bonds is 7. The summed E-state index contributed by atoms with van der Waals surface area (Å²) in [6, 6.07) is -0.946. The average Bonchev–Trinajstić information content (AvgIpc) is 3.00. The molecule has 0 aromatic carbocycles. The fraction of sp³-hybridized carbons (Fsp3) is 0.500. The first-order valence-electron chi connectivity index (χ1n) is 7.95. The first-order valence-corrected chi connectivity index (χ1v) is 12.0. The van der Waals surface area contributed by atoms with Gasteiger partial charge >= 0.3 is 5.97 Å². The van der Waals surface area contributed by atoms with Gasteiger partial charge in [-0.05, 0) is 12.5 Å². The van der Waals surface area contributed by atoms with E-state index in [0.29, 0.717) is 28.1 Å². The lowest BCUT2D eigenvalue weighted by molar-refractivity contribution is -0.150. The third-order valence-corrected chi connectivity index (χ3v) is 6.97. The Morgan fingerprint density at radius 1 is 1.46 bits per heavy atom. The maximum absolute atomic E-state index is 12.4. The number of carboxylic acids is 1. The second kappa shape index (κ2) is 7.75. The van der Waals surface area contributed by atoms with Gasteiger partial charge in [0, 0.05) is 17.8 Å². The lowest BCUT2D eigenvalue weighted by atomic mass is 10.0. The molecular weight excluding hydrogens is 430 g/mol. The van der Waals surface area contributed by atoms with Crippen LogP contribution < -0.4 is 5.32 Å². The van der Waals surface area contributed by atoms with Crippen molar-refractivity contribution in [3.8, 4) is 0 Å². The number of hydrogen-bond donors (Lipinski definition) is 3. The molecule has 3 N–H and O–H groups in total. The number of H-pyrrole nitrogens is 1. The van der Waals surface area contributed by atoms with Gasteiger partial charge in [-0.2, -0.15) is 0 Å². The Balaban J connectivity index is 1.72. The van der Waals surface area contributed by atoms with E-state index in [4.69, 9.17) is 0 Å². The molecule has 0 radical (unpaired) electrons. The molecule has 2 amide bonds. The Bertz CT molecular complexity index is 972. The van der Waals surface area contributed by atoms with Crippen molar-refractivity contribution in [3.05, 3.63) is 17.1 Å². The Kier molecular flexibility index (Phi) is 5.72. The van der Waals surface area contributed by atoms with Crippen LogP contribution in [-0.4, -0.2) is 86.3 Å². The summed E-state index contributed by atoms with van der Waals surface area (Å²) in [7, 11) is -3.53. The number of β-lactam (4-membered cyclic amide) rings is 1. The van der Waals surface area contributed by atoms with Gasteiger partial charge in [-0.15, -0.1) is 16.9 Å². The van der Waals surface area contributed by atoms with E-state index in [1.54, 1.807) is 6.92 Å². The number of carboxylic acid groups (broad SMARTS) is 1. The number of carbonyl (C=O) groups is 3. The zero-order chi connectivity index (χ0) is 20.6. The number of aryl methyl sites for hydroxylation is 1. The summed E-state index contributed by atoms with van der Waals surface area (Å²) < 4.78 is 22.4. The summed E-state index contributed by atoms with van der Waals surface area (Å²) in [6.07, 6.45) is 0.918. The van der Waals surface area contributed by atoms with E-state index in [9.17, 15) is 27.9 Å². The molecule has 11 nitrogen and oxygen atoms in total. The minimum atomic E-state index is -3.53. The number of aromatic nitrogens is 3. The van der Waals surface area contributed by atoms with Crippen molar-refractivity contribution in [1.82, 2.24) is 25.4 Å². The van der Waals surface area contributed by atoms with Crippen LogP contribution in [0.2, 0.25) is 0 Å². The molecule has 1 saturated heterocycles. The molecule has 0 saturated carbocycles. The van der Waals surface area contributed by atoms with Gasteiger partial charge in [0.1, 0.15) is 28.7 Å². The van der Waals surface area contributed by atoms with Gasteiger partial charge in [-0.3, -0.25) is 19.6 Å². The summed E-state index contributed by atoms with van der Waals surface area (Å²) in [6.45, 7) is 1.75. The molecule has 2 atom stereocenters. The van der Waals surface area contributed by atoms with Gasteiger partial charge in [-0.1, -0.05) is 11.8 Å². The monoisotopic (exact) mass is 447 g/mol. The average molecular weight is 448 g/mol. The van der Waals surface area contributed by atoms with Gasteiger partial charge in [0.2, 0.25) is 11.1 Å². The standard InChI is InChI=1S/C14H17N5O6S3/c1-6-15-14(18-17-6)27-4-7-3-26-12-9(16-8(20)5-28(2,24)25)11(21)19(12)10(7)13(22)23/h9,12H,3-5H2,1-2H3,(H,16,20)(H,22,23)(H,15,17,18)/t9?,12-/m1/s1. The first-order chi connectivity index (χ1) is 13.1. The first kappa shape index (κ1) is 20.7. The SMILES string of the molecule is Cc1nc(SCC2=C(C(=O)O)N3C(=O)C(NC(=O)CS(C)(=O)=O)[C@H]3SC2)n[nH]1. The number of nitrogens with one attached hydrogen (secondary N) is 2. The molecule has 2 aliphatic rings. The minimum absolute atomic E-state index is 0.109. The molecule has 0 spiro atoms. The van der Waals surface area contributed by atoms with E-state index < -0.39 is 44.8 Å². The summed E-state index contributed by atoms with van der Waals surface area (Å²) in [4.78, 5) is 41.3. The maximum atomic E-state index is 12.4. The van der Waals surface area contributed by atoms with Crippen molar-refractivity contribution in [1.29, 1.82) is 0 Å². The number of hydrogen-bond acceptors (Lipinski definition) is 9. The van der Waals surface area contributed by atoms with E-state index in [2.05, 4.69) is 20.5 Å². The number of fused-ring (bicyclic) bond motifs is 1. The van der Waals surface area contributed by atoms with Crippen LogP contribution in [0.3, 0.4) is 0 Å². The Morgan fingerprint density at radius 3 is 2.75 bits per heavy atom. The minimum Gasteiger partial charge on any atom is -0.477 e. The molecule has 14 heteroatoms. The quantitative estimate of drug-likeness (QED) is 0.348. The molecule has 3 heterocycles. The number of carbonyl (C=O) groups excluding carboxylic acids is 2. The van der Waals surface area contributed by atoms with Crippen molar-refractivity contribution >= 4 is 51.1 Å². The molecule has 152 valence electrons. The molecule has 28 heavy (non-hydrogen) atoms. The normalized spacial score (nSPS) is 21.9. The number of thioether (sulfide) groups is 2. The molecule has 1 aromatic rings. The predicted molar refractivity (Wildman–Crippen MR) is 101 cm³/mol. The lowest BCUT2D eigenvalue weighted by Crippen LogP contribution is -2.70. The summed E-state index contributed by atoms with van der Waals surface area (Å²) in [5.41, 5.74) is 0.442. The number of aliphatic carboxylic acids is 1. The van der Waals surface area contributed by atoms with Crippen molar-refractivity contribution < 1.29 is 27.9 Å². The zero-order valence-electron chi connectivity index (χ0n) is 14.8. The van der Waals surface area contributed by atoms with E-state index in [1.807, 2.05) is 0 Å². The molecule has 3 rings (SSSR count). The van der Waals surface area contributed by atoms with Gasteiger partial charge < -0.3 is 10.4 Å². The van der Waals surface area contributed by atoms with E-state index >= 15 is 0 Å². The van der Waals surface area contributed by atoms with Crippen LogP contribution >= 0.6 is 23.5 Å². The summed E-state index contributed by atoms with van der Waals surface area (Å²) in [5, 5.41) is 18.5. The highest BCUT2D eigenvalue weighted by molar-refractivity contribution is 8.01. The predicted octanol–water partition coefficient (Wildman–Crippen LogP) is -1.01. The van der Waals surface area contributed by atoms with Crippen LogP contribution in [0.5, 0.6) is 0 Å². The van der Waals surface area contributed by atoms with E-state index in [1.165, 1.54) is 23.5 Å².